The van der Waals surface area contributed by atoms with Crippen molar-refractivity contribution in [2.24, 2.45) is 5.73 Å². The summed E-state index contributed by atoms with van der Waals surface area (Å²) in [5, 5.41) is 0. The van der Waals surface area contributed by atoms with E-state index < -0.39 is 0 Å². The molecule has 0 radical (unpaired) electrons. The molecule has 88 valence electrons. The highest BCUT2D eigenvalue weighted by atomic mass is 16.5. The maximum absolute atomic E-state index is 5.90. The van der Waals surface area contributed by atoms with Gasteiger partial charge in [0.05, 0.1) is 14.2 Å². The van der Waals surface area contributed by atoms with Crippen LogP contribution in [-0.2, 0) is 0 Å². The average molecular weight is 222 g/mol. The average Bonchev–Trinajstić information content (AvgIpc) is 2.75. The maximum Gasteiger partial charge on any atom is 0.124 e. The van der Waals surface area contributed by atoms with Crippen molar-refractivity contribution in [2.75, 3.05) is 32.2 Å². The summed E-state index contributed by atoms with van der Waals surface area (Å²) in [6.45, 7) is 1.90. The Morgan fingerprint density at radius 1 is 1.19 bits per heavy atom. The molecule has 0 aromatic heterocycles. The summed E-state index contributed by atoms with van der Waals surface area (Å²) >= 11 is 0. The number of anilines is 1. The number of nitrogens with two attached hydrogens (primary N) is 1. The van der Waals surface area contributed by atoms with E-state index in [9.17, 15) is 0 Å². The monoisotopic (exact) mass is 222 g/mol. The van der Waals surface area contributed by atoms with E-state index in [1.165, 1.54) is 0 Å². The van der Waals surface area contributed by atoms with Crippen molar-refractivity contribution in [3.63, 3.8) is 0 Å². The number of benzene rings is 1. The van der Waals surface area contributed by atoms with Gasteiger partial charge in [0.1, 0.15) is 11.5 Å². The number of ether oxygens (including phenoxy) is 2. The Labute approximate surface area is 95.9 Å². The van der Waals surface area contributed by atoms with E-state index in [2.05, 4.69) is 4.90 Å². The molecule has 0 amide bonds. The van der Waals surface area contributed by atoms with Crippen LogP contribution in [0.4, 0.5) is 5.69 Å². The van der Waals surface area contributed by atoms with Gasteiger partial charge in [-0.3, -0.25) is 0 Å². The molecule has 4 heteroatoms. The van der Waals surface area contributed by atoms with Crippen LogP contribution in [-0.4, -0.2) is 33.4 Å². The lowest BCUT2D eigenvalue weighted by molar-refractivity contribution is 0.394. The molecule has 1 saturated heterocycles. The molecule has 0 saturated carbocycles. The molecule has 0 aliphatic carbocycles. The molecule has 2 N–H and O–H groups in total. The first-order valence-electron chi connectivity index (χ1n) is 5.46. The van der Waals surface area contributed by atoms with Gasteiger partial charge in [-0.25, -0.2) is 0 Å². The van der Waals surface area contributed by atoms with Gasteiger partial charge in [0.2, 0.25) is 0 Å². The lowest BCUT2D eigenvalue weighted by Gasteiger charge is -2.19. The fourth-order valence-corrected chi connectivity index (χ4v) is 2.00. The first-order chi connectivity index (χ1) is 7.72. The Morgan fingerprint density at radius 3 is 2.25 bits per heavy atom. The topological polar surface area (TPSA) is 47.7 Å². The number of rotatable bonds is 3. The molecule has 1 fully saturated rings. The number of nitrogens with zero attached hydrogens (tertiary/aromatic N) is 1. The van der Waals surface area contributed by atoms with Gasteiger partial charge in [-0.15, -0.1) is 0 Å². The third-order valence-corrected chi connectivity index (χ3v) is 2.93. The van der Waals surface area contributed by atoms with Crippen molar-refractivity contribution in [3.8, 4) is 11.5 Å². The van der Waals surface area contributed by atoms with E-state index in [0.29, 0.717) is 0 Å². The number of hydrogen-bond acceptors (Lipinski definition) is 4. The second-order valence-electron chi connectivity index (χ2n) is 4.07. The van der Waals surface area contributed by atoms with Gasteiger partial charge in [0.15, 0.2) is 0 Å². The lowest BCUT2D eigenvalue weighted by atomic mass is 10.2. The first kappa shape index (κ1) is 11.1. The Morgan fingerprint density at radius 2 is 1.81 bits per heavy atom. The summed E-state index contributed by atoms with van der Waals surface area (Å²) in [5.41, 5.74) is 7.01. The highest BCUT2D eigenvalue weighted by Crippen LogP contribution is 2.30. The van der Waals surface area contributed by atoms with Crippen LogP contribution in [0.5, 0.6) is 11.5 Å². The van der Waals surface area contributed by atoms with Crippen LogP contribution in [0.1, 0.15) is 6.42 Å². The minimum absolute atomic E-state index is 0.275. The molecule has 4 nitrogen and oxygen atoms in total. The van der Waals surface area contributed by atoms with Crippen molar-refractivity contribution in [2.45, 2.75) is 12.5 Å². The van der Waals surface area contributed by atoms with E-state index >= 15 is 0 Å². The Bertz CT molecular complexity index is 346. The zero-order valence-electron chi connectivity index (χ0n) is 9.77. The molecule has 0 spiro atoms. The van der Waals surface area contributed by atoms with Gasteiger partial charge in [0, 0.05) is 43.0 Å². The van der Waals surface area contributed by atoms with Crippen LogP contribution >= 0.6 is 0 Å². The zero-order valence-corrected chi connectivity index (χ0v) is 9.77. The smallest absolute Gasteiger partial charge is 0.124 e. The highest BCUT2D eigenvalue weighted by molar-refractivity contribution is 5.56. The fourth-order valence-electron chi connectivity index (χ4n) is 2.00. The molecule has 2 rings (SSSR count). The summed E-state index contributed by atoms with van der Waals surface area (Å²) in [4.78, 5) is 2.26. The summed E-state index contributed by atoms with van der Waals surface area (Å²) in [5.74, 6) is 1.63. The number of methoxy groups -OCH3 is 2. The highest BCUT2D eigenvalue weighted by Gasteiger charge is 2.20. The second kappa shape index (κ2) is 4.61. The fraction of sp³-hybridized carbons (Fsp3) is 0.500. The molecular weight excluding hydrogens is 204 g/mol. The molecule has 1 unspecified atom stereocenters. The van der Waals surface area contributed by atoms with E-state index in [1.54, 1.807) is 14.2 Å². The second-order valence-corrected chi connectivity index (χ2v) is 4.07. The third kappa shape index (κ3) is 2.22. The quantitative estimate of drug-likeness (QED) is 0.836. The first-order valence-corrected chi connectivity index (χ1v) is 5.46. The van der Waals surface area contributed by atoms with Gasteiger partial charge in [0.25, 0.3) is 0 Å². The van der Waals surface area contributed by atoms with Gasteiger partial charge in [-0.2, -0.15) is 0 Å². The SMILES string of the molecule is COc1cc(OC)cc(N2CCC(N)C2)c1. The van der Waals surface area contributed by atoms with E-state index in [0.717, 1.165) is 36.7 Å². The lowest BCUT2D eigenvalue weighted by Crippen LogP contribution is -2.26. The minimum atomic E-state index is 0.275. The Kier molecular flexibility index (Phi) is 3.19. The van der Waals surface area contributed by atoms with Crippen molar-refractivity contribution < 1.29 is 9.47 Å². The molecule has 1 aromatic carbocycles. The molecule has 1 aliphatic rings. The summed E-state index contributed by atoms with van der Waals surface area (Å²) in [6, 6.07) is 6.18. The summed E-state index contributed by atoms with van der Waals surface area (Å²) in [6.07, 6.45) is 1.04. The van der Waals surface area contributed by atoms with Gasteiger partial charge >= 0.3 is 0 Å². The van der Waals surface area contributed by atoms with Crippen molar-refractivity contribution in [3.05, 3.63) is 18.2 Å². The predicted molar refractivity (Wildman–Crippen MR) is 64.4 cm³/mol. The predicted octanol–water partition coefficient (Wildman–Crippen LogP) is 1.24. The minimum Gasteiger partial charge on any atom is -0.497 e. The van der Waals surface area contributed by atoms with Crippen LogP contribution in [0.15, 0.2) is 18.2 Å². The van der Waals surface area contributed by atoms with Crippen LogP contribution in [0.3, 0.4) is 0 Å². The zero-order chi connectivity index (χ0) is 11.5. The van der Waals surface area contributed by atoms with Crippen LogP contribution in [0, 0.1) is 0 Å². The normalized spacial score (nSPS) is 19.9. The molecule has 1 atom stereocenters. The van der Waals surface area contributed by atoms with E-state index in [1.807, 2.05) is 18.2 Å². The molecule has 1 aromatic rings. The van der Waals surface area contributed by atoms with E-state index in [4.69, 9.17) is 15.2 Å². The Balaban J connectivity index is 2.25. The van der Waals surface area contributed by atoms with Crippen LogP contribution in [0.25, 0.3) is 0 Å². The molecule has 0 bridgehead atoms. The summed E-state index contributed by atoms with van der Waals surface area (Å²) < 4.78 is 10.5. The standard InChI is InChI=1S/C12H18N2O2/c1-15-11-5-10(6-12(7-11)16-2)14-4-3-9(13)8-14/h5-7,9H,3-4,8,13H2,1-2H3. The maximum atomic E-state index is 5.90. The molecule has 1 aliphatic heterocycles. The molecular formula is C12H18N2O2. The van der Waals surface area contributed by atoms with Crippen molar-refractivity contribution in [1.29, 1.82) is 0 Å². The molecule has 16 heavy (non-hydrogen) atoms. The third-order valence-electron chi connectivity index (χ3n) is 2.93. The van der Waals surface area contributed by atoms with Crippen LogP contribution in [0.2, 0.25) is 0 Å². The van der Waals surface area contributed by atoms with Gasteiger partial charge in [-0.1, -0.05) is 0 Å². The Hall–Kier alpha value is -1.42. The van der Waals surface area contributed by atoms with Gasteiger partial charge < -0.3 is 20.1 Å². The van der Waals surface area contributed by atoms with Crippen molar-refractivity contribution >= 4 is 5.69 Å². The molecule has 1 heterocycles. The van der Waals surface area contributed by atoms with Crippen LogP contribution < -0.4 is 20.1 Å². The van der Waals surface area contributed by atoms with E-state index in [-0.39, 0.29) is 6.04 Å². The van der Waals surface area contributed by atoms with Gasteiger partial charge in [-0.05, 0) is 6.42 Å². The largest absolute Gasteiger partial charge is 0.497 e. The summed E-state index contributed by atoms with van der Waals surface area (Å²) in [7, 11) is 3.32. The number of hydrogen-bond donors (Lipinski definition) is 1. The van der Waals surface area contributed by atoms with Crippen molar-refractivity contribution in [1.82, 2.24) is 0 Å².